The van der Waals surface area contributed by atoms with Crippen molar-refractivity contribution in [3.8, 4) is 11.6 Å². The topological polar surface area (TPSA) is 35.0 Å². The summed E-state index contributed by atoms with van der Waals surface area (Å²) in [5.74, 6) is 2.21. The van der Waals surface area contributed by atoms with Gasteiger partial charge in [0.05, 0.1) is 0 Å². The van der Waals surface area contributed by atoms with E-state index in [0.29, 0.717) is 5.88 Å². The van der Waals surface area contributed by atoms with E-state index in [1.54, 1.807) is 0 Å². The summed E-state index contributed by atoms with van der Waals surface area (Å²) >= 11 is 0. The molecule has 0 N–H and O–H groups in total. The van der Waals surface area contributed by atoms with Crippen molar-refractivity contribution in [2.45, 2.75) is 20.3 Å². The molecule has 0 bridgehead atoms. The lowest BCUT2D eigenvalue weighted by molar-refractivity contribution is 0.458. The lowest BCUT2D eigenvalue weighted by Gasteiger charge is -2.06. The molecule has 1 heterocycles. The Kier molecular flexibility index (Phi) is 3.15. The Labute approximate surface area is 95.1 Å². The summed E-state index contributed by atoms with van der Waals surface area (Å²) in [6.45, 7) is 3.97. The first-order valence-corrected chi connectivity index (χ1v) is 5.35. The van der Waals surface area contributed by atoms with Gasteiger partial charge < -0.3 is 4.74 Å². The molecule has 0 aliphatic rings. The van der Waals surface area contributed by atoms with E-state index in [-0.39, 0.29) is 0 Å². The van der Waals surface area contributed by atoms with Gasteiger partial charge in [0, 0.05) is 18.2 Å². The highest BCUT2D eigenvalue weighted by atomic mass is 16.5. The smallest absolute Gasteiger partial charge is 0.222 e. The van der Waals surface area contributed by atoms with Gasteiger partial charge in [-0.3, -0.25) is 0 Å². The van der Waals surface area contributed by atoms with E-state index in [2.05, 4.69) is 9.97 Å². The van der Waals surface area contributed by atoms with Gasteiger partial charge in [0.15, 0.2) is 0 Å². The van der Waals surface area contributed by atoms with E-state index < -0.39 is 0 Å². The number of aryl methyl sites for hydroxylation is 2. The standard InChI is InChI=1S/C13H14N2O/c1-3-12-14-10(2)9-13(15-12)16-11-7-5-4-6-8-11/h4-9H,3H2,1-2H3. The van der Waals surface area contributed by atoms with Crippen LogP contribution < -0.4 is 4.74 Å². The molecule has 1 aromatic carbocycles. The summed E-state index contributed by atoms with van der Waals surface area (Å²) in [6, 6.07) is 11.5. The molecule has 82 valence electrons. The van der Waals surface area contributed by atoms with E-state index in [9.17, 15) is 0 Å². The summed E-state index contributed by atoms with van der Waals surface area (Å²) in [5, 5.41) is 0. The molecule has 2 aromatic rings. The summed E-state index contributed by atoms with van der Waals surface area (Å²) in [4.78, 5) is 8.62. The van der Waals surface area contributed by atoms with Gasteiger partial charge in [-0.05, 0) is 19.1 Å². The number of nitrogens with zero attached hydrogens (tertiary/aromatic N) is 2. The Morgan fingerprint density at radius 3 is 2.56 bits per heavy atom. The molecule has 0 spiro atoms. The van der Waals surface area contributed by atoms with Crippen LogP contribution in [0.3, 0.4) is 0 Å². The van der Waals surface area contributed by atoms with E-state index in [1.165, 1.54) is 0 Å². The van der Waals surface area contributed by atoms with Gasteiger partial charge in [-0.1, -0.05) is 25.1 Å². The Hall–Kier alpha value is -1.90. The Bertz CT molecular complexity index is 469. The van der Waals surface area contributed by atoms with Gasteiger partial charge in [-0.2, -0.15) is 4.98 Å². The molecule has 0 atom stereocenters. The summed E-state index contributed by atoms with van der Waals surface area (Å²) in [7, 11) is 0. The number of hydrogen-bond donors (Lipinski definition) is 0. The van der Waals surface area contributed by atoms with Crippen LogP contribution in [0.2, 0.25) is 0 Å². The van der Waals surface area contributed by atoms with Gasteiger partial charge >= 0.3 is 0 Å². The number of hydrogen-bond acceptors (Lipinski definition) is 3. The van der Waals surface area contributed by atoms with Crippen LogP contribution in [0.1, 0.15) is 18.4 Å². The maximum Gasteiger partial charge on any atom is 0.222 e. The van der Waals surface area contributed by atoms with Gasteiger partial charge in [-0.25, -0.2) is 4.98 Å². The molecule has 0 fully saturated rings. The van der Waals surface area contributed by atoms with Crippen LogP contribution in [-0.4, -0.2) is 9.97 Å². The number of ether oxygens (including phenoxy) is 1. The third kappa shape index (κ3) is 2.57. The van der Waals surface area contributed by atoms with Crippen molar-refractivity contribution in [3.63, 3.8) is 0 Å². The summed E-state index contributed by atoms with van der Waals surface area (Å²) in [6.07, 6.45) is 0.812. The van der Waals surface area contributed by atoms with Crippen LogP contribution in [0, 0.1) is 6.92 Å². The minimum absolute atomic E-state index is 0.607. The second-order valence-electron chi connectivity index (χ2n) is 3.53. The maximum atomic E-state index is 5.65. The highest BCUT2D eigenvalue weighted by Crippen LogP contribution is 2.19. The van der Waals surface area contributed by atoms with Gasteiger partial charge in [0.1, 0.15) is 11.6 Å². The number of benzene rings is 1. The summed E-state index contributed by atoms with van der Waals surface area (Å²) in [5.41, 5.74) is 0.929. The van der Waals surface area contributed by atoms with E-state index >= 15 is 0 Å². The van der Waals surface area contributed by atoms with Crippen molar-refractivity contribution >= 4 is 0 Å². The largest absolute Gasteiger partial charge is 0.439 e. The molecule has 2 rings (SSSR count). The lowest BCUT2D eigenvalue weighted by atomic mass is 10.3. The zero-order valence-corrected chi connectivity index (χ0v) is 9.47. The minimum Gasteiger partial charge on any atom is -0.439 e. The fourth-order valence-electron chi connectivity index (χ4n) is 1.42. The Balaban J connectivity index is 2.24. The van der Waals surface area contributed by atoms with Crippen LogP contribution in [-0.2, 0) is 6.42 Å². The second-order valence-corrected chi connectivity index (χ2v) is 3.53. The first-order valence-electron chi connectivity index (χ1n) is 5.35. The third-order valence-corrected chi connectivity index (χ3v) is 2.16. The maximum absolute atomic E-state index is 5.65. The van der Waals surface area contributed by atoms with Gasteiger partial charge in [0.2, 0.25) is 5.88 Å². The number of aromatic nitrogens is 2. The van der Waals surface area contributed by atoms with E-state index in [4.69, 9.17) is 4.74 Å². The average molecular weight is 214 g/mol. The quantitative estimate of drug-likeness (QED) is 0.787. The molecule has 3 nitrogen and oxygen atoms in total. The zero-order valence-electron chi connectivity index (χ0n) is 9.47. The lowest BCUT2D eigenvalue weighted by Crippen LogP contribution is -1.97. The van der Waals surface area contributed by atoms with Crippen LogP contribution >= 0.6 is 0 Å². The fourth-order valence-corrected chi connectivity index (χ4v) is 1.42. The van der Waals surface area contributed by atoms with E-state index in [1.807, 2.05) is 50.2 Å². The van der Waals surface area contributed by atoms with Crippen LogP contribution in [0.25, 0.3) is 0 Å². The van der Waals surface area contributed by atoms with Crippen molar-refractivity contribution in [2.75, 3.05) is 0 Å². The molecule has 0 saturated carbocycles. The van der Waals surface area contributed by atoms with E-state index in [0.717, 1.165) is 23.7 Å². The first-order chi connectivity index (χ1) is 7.78. The predicted molar refractivity (Wildman–Crippen MR) is 62.7 cm³/mol. The molecule has 16 heavy (non-hydrogen) atoms. The third-order valence-electron chi connectivity index (χ3n) is 2.16. The highest BCUT2D eigenvalue weighted by Gasteiger charge is 2.02. The second kappa shape index (κ2) is 4.75. The Morgan fingerprint density at radius 2 is 1.88 bits per heavy atom. The number of para-hydroxylation sites is 1. The van der Waals surface area contributed by atoms with Crippen molar-refractivity contribution in [2.24, 2.45) is 0 Å². The van der Waals surface area contributed by atoms with Crippen molar-refractivity contribution < 1.29 is 4.74 Å². The fraction of sp³-hybridized carbons (Fsp3) is 0.231. The molecule has 1 aromatic heterocycles. The Morgan fingerprint density at radius 1 is 1.12 bits per heavy atom. The van der Waals surface area contributed by atoms with Gasteiger partial charge in [0.25, 0.3) is 0 Å². The monoisotopic (exact) mass is 214 g/mol. The minimum atomic E-state index is 0.607. The molecule has 0 radical (unpaired) electrons. The molecule has 0 aliphatic carbocycles. The molecular formula is C13H14N2O. The van der Waals surface area contributed by atoms with Crippen molar-refractivity contribution in [1.82, 2.24) is 9.97 Å². The van der Waals surface area contributed by atoms with Crippen molar-refractivity contribution in [1.29, 1.82) is 0 Å². The molecular weight excluding hydrogens is 200 g/mol. The van der Waals surface area contributed by atoms with Gasteiger partial charge in [-0.15, -0.1) is 0 Å². The molecule has 0 unspecified atom stereocenters. The molecule has 3 heteroatoms. The predicted octanol–water partition coefficient (Wildman–Crippen LogP) is 3.14. The van der Waals surface area contributed by atoms with Crippen LogP contribution in [0.5, 0.6) is 11.6 Å². The SMILES string of the molecule is CCc1nc(C)cc(Oc2ccccc2)n1. The summed E-state index contributed by atoms with van der Waals surface area (Å²) < 4.78 is 5.65. The van der Waals surface area contributed by atoms with Crippen LogP contribution in [0.4, 0.5) is 0 Å². The zero-order chi connectivity index (χ0) is 11.4. The first kappa shape index (κ1) is 10.6. The number of rotatable bonds is 3. The molecule has 0 aliphatic heterocycles. The average Bonchev–Trinajstić information content (AvgIpc) is 2.29. The van der Waals surface area contributed by atoms with Crippen molar-refractivity contribution in [3.05, 3.63) is 47.9 Å². The normalized spacial score (nSPS) is 10.1. The molecule has 0 saturated heterocycles. The molecule has 0 amide bonds. The van der Waals surface area contributed by atoms with Crippen LogP contribution in [0.15, 0.2) is 36.4 Å². The highest BCUT2D eigenvalue weighted by molar-refractivity contribution is 5.27.